The molecule has 1 unspecified atom stereocenters. The first-order valence-electron chi connectivity index (χ1n) is 10.9. The highest BCUT2D eigenvalue weighted by molar-refractivity contribution is 5.96. The molecule has 0 aromatic carbocycles. The molecule has 4 rings (SSSR count). The van der Waals surface area contributed by atoms with Crippen LogP contribution in [0.3, 0.4) is 0 Å². The smallest absolute Gasteiger partial charge is 0.259 e. The third-order valence-electron chi connectivity index (χ3n) is 6.25. The Kier molecular flexibility index (Phi) is 5.68. The summed E-state index contributed by atoms with van der Waals surface area (Å²) in [5, 5.41) is 7.26. The fourth-order valence-corrected chi connectivity index (χ4v) is 4.45. The number of carbonyl (C=O) groups is 2. The van der Waals surface area contributed by atoms with Gasteiger partial charge < -0.3 is 19.6 Å². The molecule has 4 heterocycles. The topological polar surface area (TPSA) is 104 Å². The van der Waals surface area contributed by atoms with Crippen LogP contribution in [0.5, 0.6) is 0 Å². The van der Waals surface area contributed by atoms with Crippen LogP contribution in [0.4, 0.5) is 5.82 Å². The van der Waals surface area contributed by atoms with Gasteiger partial charge in [0.1, 0.15) is 23.0 Å². The molecule has 2 aromatic heterocycles. The predicted molar refractivity (Wildman–Crippen MR) is 115 cm³/mol. The number of hydrogen-bond acceptors (Lipinski definition) is 7. The number of nitrogens with one attached hydrogen (secondary N) is 1. The van der Waals surface area contributed by atoms with Crippen molar-refractivity contribution in [2.45, 2.75) is 58.9 Å². The Morgan fingerprint density at radius 2 is 1.97 bits per heavy atom. The van der Waals surface area contributed by atoms with Crippen molar-refractivity contribution < 1.29 is 14.1 Å². The molecular weight excluding hydrogens is 396 g/mol. The van der Waals surface area contributed by atoms with Gasteiger partial charge in [-0.1, -0.05) is 19.0 Å². The maximum atomic E-state index is 13.2. The minimum Gasteiger partial charge on any atom is -0.373 e. The number of aryl methyl sites for hydroxylation is 1. The van der Waals surface area contributed by atoms with E-state index in [1.54, 1.807) is 13.8 Å². The van der Waals surface area contributed by atoms with Crippen molar-refractivity contribution in [2.75, 3.05) is 32.0 Å². The maximum absolute atomic E-state index is 13.2. The second-order valence-electron chi connectivity index (χ2n) is 8.69. The van der Waals surface area contributed by atoms with Crippen molar-refractivity contribution in [3.63, 3.8) is 0 Å². The number of nitrogens with zero attached hydrogens (tertiary/aromatic N) is 5. The third-order valence-corrected chi connectivity index (χ3v) is 6.25. The number of amides is 2. The first kappa shape index (κ1) is 21.3. The maximum Gasteiger partial charge on any atom is 0.259 e. The number of hydrogen-bond donors (Lipinski definition) is 1. The zero-order valence-corrected chi connectivity index (χ0v) is 18.9. The number of likely N-dealkylation sites (tertiary alicyclic amines) is 1. The first-order chi connectivity index (χ1) is 14.8. The summed E-state index contributed by atoms with van der Waals surface area (Å²) in [5.41, 5.74) is 3.28. The van der Waals surface area contributed by atoms with Crippen LogP contribution in [0.1, 0.15) is 77.9 Å². The molecular formula is C22H30N6O3. The first-order valence-corrected chi connectivity index (χ1v) is 10.9. The van der Waals surface area contributed by atoms with Crippen LogP contribution in [0.2, 0.25) is 0 Å². The van der Waals surface area contributed by atoms with Gasteiger partial charge in [0, 0.05) is 51.5 Å². The molecule has 9 nitrogen and oxygen atoms in total. The van der Waals surface area contributed by atoms with Crippen LogP contribution in [-0.4, -0.2) is 63.4 Å². The van der Waals surface area contributed by atoms with Gasteiger partial charge in [0.05, 0.1) is 17.9 Å². The van der Waals surface area contributed by atoms with E-state index in [0.717, 1.165) is 29.3 Å². The third kappa shape index (κ3) is 3.88. The molecule has 166 valence electrons. The number of fused-ring (bicyclic) bond motifs is 1. The van der Waals surface area contributed by atoms with Gasteiger partial charge in [0.15, 0.2) is 0 Å². The molecule has 31 heavy (non-hydrogen) atoms. The summed E-state index contributed by atoms with van der Waals surface area (Å²) < 4.78 is 5.31. The summed E-state index contributed by atoms with van der Waals surface area (Å²) in [6, 6.07) is 0. The minimum absolute atomic E-state index is 0.0335. The summed E-state index contributed by atoms with van der Waals surface area (Å²) in [6.45, 7) is 9.81. The van der Waals surface area contributed by atoms with Crippen molar-refractivity contribution >= 4 is 17.6 Å². The Morgan fingerprint density at radius 3 is 2.65 bits per heavy atom. The van der Waals surface area contributed by atoms with E-state index in [9.17, 15) is 9.59 Å². The Balaban J connectivity index is 1.56. The van der Waals surface area contributed by atoms with Crippen molar-refractivity contribution in [1.29, 1.82) is 0 Å². The largest absolute Gasteiger partial charge is 0.373 e. The quantitative estimate of drug-likeness (QED) is 0.801. The highest BCUT2D eigenvalue weighted by atomic mass is 16.5. The zero-order valence-electron chi connectivity index (χ0n) is 18.9. The number of anilines is 1. The van der Waals surface area contributed by atoms with Crippen LogP contribution in [-0.2, 0) is 17.8 Å². The number of carbonyl (C=O) groups excluding carboxylic acids is 2. The van der Waals surface area contributed by atoms with Crippen LogP contribution >= 0.6 is 0 Å². The van der Waals surface area contributed by atoms with Gasteiger partial charge in [-0.3, -0.25) is 9.59 Å². The monoisotopic (exact) mass is 426 g/mol. The zero-order chi connectivity index (χ0) is 22.3. The molecule has 0 bridgehead atoms. The number of rotatable bonds is 4. The lowest BCUT2D eigenvalue weighted by atomic mass is 10.0. The molecule has 1 N–H and O–H groups in total. The van der Waals surface area contributed by atoms with E-state index in [0.29, 0.717) is 49.6 Å². The molecule has 9 heteroatoms. The molecule has 1 saturated heterocycles. The average Bonchev–Trinajstić information content (AvgIpc) is 3.39. The fraction of sp³-hybridized carbons (Fsp3) is 0.591. The van der Waals surface area contributed by atoms with Gasteiger partial charge in [0.25, 0.3) is 5.91 Å². The second-order valence-corrected chi connectivity index (χ2v) is 8.69. The molecule has 0 spiro atoms. The van der Waals surface area contributed by atoms with Gasteiger partial charge >= 0.3 is 0 Å². The summed E-state index contributed by atoms with van der Waals surface area (Å²) in [5.74, 6) is 2.32. The SMILES string of the molecule is CNc1nc(C2CCN(C(=O)c3c(C(C)C)noc3C)C2)nc2c1CN(C(C)=O)CC2. The summed E-state index contributed by atoms with van der Waals surface area (Å²) in [7, 11) is 1.84. The van der Waals surface area contributed by atoms with Crippen molar-refractivity contribution in [1.82, 2.24) is 24.9 Å². The minimum atomic E-state index is -0.0335. The van der Waals surface area contributed by atoms with Crippen LogP contribution < -0.4 is 5.32 Å². The average molecular weight is 427 g/mol. The molecule has 1 atom stereocenters. The van der Waals surface area contributed by atoms with E-state index in [-0.39, 0.29) is 23.7 Å². The van der Waals surface area contributed by atoms with Crippen LogP contribution in [0, 0.1) is 6.92 Å². The highest BCUT2D eigenvalue weighted by Gasteiger charge is 2.34. The normalized spacial score (nSPS) is 18.5. The lowest BCUT2D eigenvalue weighted by Crippen LogP contribution is -2.35. The predicted octanol–water partition coefficient (Wildman–Crippen LogP) is 2.47. The number of aromatic nitrogens is 3. The van der Waals surface area contributed by atoms with Crippen LogP contribution in [0.15, 0.2) is 4.52 Å². The molecule has 2 amide bonds. The Morgan fingerprint density at radius 1 is 1.19 bits per heavy atom. The Labute approximate surface area is 182 Å². The van der Waals surface area contributed by atoms with Gasteiger partial charge in [-0.05, 0) is 19.3 Å². The lowest BCUT2D eigenvalue weighted by Gasteiger charge is -2.29. The molecule has 0 saturated carbocycles. The highest BCUT2D eigenvalue weighted by Crippen LogP contribution is 2.32. The van der Waals surface area contributed by atoms with Crippen molar-refractivity contribution in [2.24, 2.45) is 0 Å². The summed E-state index contributed by atoms with van der Waals surface area (Å²) in [6.07, 6.45) is 1.53. The molecule has 2 aliphatic rings. The van der Waals surface area contributed by atoms with Crippen molar-refractivity contribution in [3.8, 4) is 0 Å². The standard InChI is InChI=1S/C22H30N6O3/c1-12(2)19-18(13(3)31-26-19)22(30)28-8-6-15(10-28)20-24-17-7-9-27(14(4)29)11-16(17)21(23-5)25-20/h12,15H,6-11H2,1-5H3,(H,23,24,25). The van der Waals surface area contributed by atoms with E-state index >= 15 is 0 Å². The van der Waals surface area contributed by atoms with Gasteiger partial charge in [-0.25, -0.2) is 9.97 Å². The second kappa shape index (κ2) is 8.28. The molecule has 0 aliphatic carbocycles. The van der Waals surface area contributed by atoms with Crippen LogP contribution in [0.25, 0.3) is 0 Å². The van der Waals surface area contributed by atoms with Gasteiger partial charge in [0.2, 0.25) is 5.91 Å². The molecule has 0 radical (unpaired) electrons. The van der Waals surface area contributed by atoms with E-state index in [1.165, 1.54) is 0 Å². The summed E-state index contributed by atoms with van der Waals surface area (Å²) in [4.78, 5) is 38.3. The Hall–Kier alpha value is -2.97. The van der Waals surface area contributed by atoms with E-state index in [2.05, 4.69) is 10.5 Å². The fourth-order valence-electron chi connectivity index (χ4n) is 4.45. The molecule has 2 aliphatic heterocycles. The van der Waals surface area contributed by atoms with Gasteiger partial charge in [-0.2, -0.15) is 0 Å². The molecule has 2 aromatic rings. The Bertz CT molecular complexity index is 998. The van der Waals surface area contributed by atoms with E-state index in [1.807, 2.05) is 30.7 Å². The molecule has 1 fully saturated rings. The summed E-state index contributed by atoms with van der Waals surface area (Å²) >= 11 is 0. The van der Waals surface area contributed by atoms with E-state index < -0.39 is 0 Å². The lowest BCUT2D eigenvalue weighted by molar-refractivity contribution is -0.129. The van der Waals surface area contributed by atoms with E-state index in [4.69, 9.17) is 14.5 Å². The van der Waals surface area contributed by atoms with Gasteiger partial charge in [-0.15, -0.1) is 0 Å². The van der Waals surface area contributed by atoms with Crippen molar-refractivity contribution in [3.05, 3.63) is 34.1 Å².